The number of furan rings is 1. The van der Waals surface area contributed by atoms with E-state index in [-0.39, 0.29) is 10.8 Å². The summed E-state index contributed by atoms with van der Waals surface area (Å²) in [4.78, 5) is 2.42. The largest absolute Gasteiger partial charge is 0.456 e. The molecule has 8 aromatic carbocycles. The van der Waals surface area contributed by atoms with Crippen molar-refractivity contribution in [2.24, 2.45) is 0 Å². The van der Waals surface area contributed by atoms with Crippen LogP contribution < -0.4 is 4.90 Å². The van der Waals surface area contributed by atoms with Crippen LogP contribution in [0.2, 0.25) is 0 Å². The van der Waals surface area contributed by atoms with Crippen molar-refractivity contribution in [1.29, 1.82) is 0 Å². The Morgan fingerprint density at radius 3 is 1.90 bits per heavy atom. The van der Waals surface area contributed by atoms with Gasteiger partial charge in [0.2, 0.25) is 0 Å². The summed E-state index contributed by atoms with van der Waals surface area (Å²) in [5.74, 6) is 0. The lowest BCUT2D eigenvalue weighted by Crippen LogP contribution is -2.16. The van der Waals surface area contributed by atoms with E-state index in [1.807, 2.05) is 6.07 Å². The molecule has 2 aliphatic rings. The molecule has 0 spiro atoms. The van der Waals surface area contributed by atoms with E-state index in [4.69, 9.17) is 4.42 Å². The highest BCUT2D eigenvalue weighted by Gasteiger charge is 2.38. The summed E-state index contributed by atoms with van der Waals surface area (Å²) in [5, 5.41) is 7.52. The minimum Gasteiger partial charge on any atom is -0.456 e. The van der Waals surface area contributed by atoms with Crippen LogP contribution in [0.3, 0.4) is 0 Å². The molecule has 0 amide bonds. The monoisotopic (exact) mass is 667 g/mol. The number of nitrogens with zero attached hydrogens (tertiary/aromatic N) is 1. The summed E-state index contributed by atoms with van der Waals surface area (Å²) in [7, 11) is 0. The Morgan fingerprint density at radius 2 is 1.04 bits per heavy atom. The standard InChI is InChI=1S/C50H37NO/c1-49(2)44-27-35(21-23-37(44)41-29-47-42(28-45(41)49)38-16-10-11-17-46(38)52-47)51(33-13-6-5-7-14-33)34-20-18-31-25-40-39-22-19-30-12-8-9-15-36(30)48(39)50(3,4)43(40)26-32(31)24-34/h5-29H,1-4H3. The molecule has 248 valence electrons. The average Bonchev–Trinajstić information content (AvgIpc) is 3.72. The summed E-state index contributed by atoms with van der Waals surface area (Å²) in [5.41, 5.74) is 15.8. The zero-order chi connectivity index (χ0) is 34.9. The number of hydrogen-bond donors (Lipinski definition) is 0. The Kier molecular flexibility index (Phi) is 5.83. The minimum absolute atomic E-state index is 0.108. The number of hydrogen-bond acceptors (Lipinski definition) is 2. The summed E-state index contributed by atoms with van der Waals surface area (Å²) < 4.78 is 6.34. The maximum absolute atomic E-state index is 6.34. The van der Waals surface area contributed by atoms with Crippen molar-refractivity contribution in [3.05, 3.63) is 174 Å². The van der Waals surface area contributed by atoms with E-state index in [1.165, 1.54) is 76.8 Å². The molecule has 2 heteroatoms. The lowest BCUT2D eigenvalue weighted by Gasteiger charge is -2.28. The zero-order valence-electron chi connectivity index (χ0n) is 29.8. The van der Waals surface area contributed by atoms with Gasteiger partial charge in [-0.3, -0.25) is 0 Å². The van der Waals surface area contributed by atoms with E-state index < -0.39 is 0 Å². The van der Waals surface area contributed by atoms with Crippen LogP contribution in [0.15, 0.2) is 156 Å². The second kappa shape index (κ2) is 10.2. The van der Waals surface area contributed by atoms with E-state index in [1.54, 1.807) is 0 Å². The molecular weight excluding hydrogens is 631 g/mol. The van der Waals surface area contributed by atoms with Gasteiger partial charge in [-0.2, -0.15) is 0 Å². The van der Waals surface area contributed by atoms with Crippen molar-refractivity contribution in [2.75, 3.05) is 4.90 Å². The Bertz CT molecular complexity index is 2960. The number of anilines is 3. The van der Waals surface area contributed by atoms with Gasteiger partial charge in [-0.1, -0.05) is 113 Å². The third kappa shape index (κ3) is 3.95. The Morgan fingerprint density at radius 1 is 0.385 bits per heavy atom. The maximum Gasteiger partial charge on any atom is 0.136 e. The zero-order valence-corrected chi connectivity index (χ0v) is 29.8. The third-order valence-corrected chi connectivity index (χ3v) is 12.2. The molecule has 0 fully saturated rings. The molecule has 0 saturated heterocycles. The van der Waals surface area contributed by atoms with Crippen LogP contribution in [-0.2, 0) is 10.8 Å². The molecule has 0 bridgehead atoms. The van der Waals surface area contributed by atoms with Crippen LogP contribution in [0.25, 0.3) is 65.7 Å². The molecule has 0 radical (unpaired) electrons. The van der Waals surface area contributed by atoms with Crippen LogP contribution in [0.4, 0.5) is 17.1 Å². The Balaban J connectivity index is 1.06. The Hall–Kier alpha value is -6.12. The lowest BCUT2D eigenvalue weighted by atomic mass is 9.80. The van der Waals surface area contributed by atoms with Crippen molar-refractivity contribution < 1.29 is 4.42 Å². The molecule has 0 N–H and O–H groups in total. The van der Waals surface area contributed by atoms with Crippen LogP contribution in [0.5, 0.6) is 0 Å². The van der Waals surface area contributed by atoms with Crippen molar-refractivity contribution in [1.82, 2.24) is 0 Å². The van der Waals surface area contributed by atoms with E-state index in [0.717, 1.165) is 28.2 Å². The average molecular weight is 668 g/mol. The number of para-hydroxylation sites is 2. The van der Waals surface area contributed by atoms with Crippen molar-refractivity contribution in [2.45, 2.75) is 38.5 Å². The normalized spacial score (nSPS) is 14.8. The van der Waals surface area contributed by atoms with Crippen molar-refractivity contribution in [3.63, 3.8) is 0 Å². The van der Waals surface area contributed by atoms with Crippen molar-refractivity contribution in [3.8, 4) is 22.3 Å². The van der Waals surface area contributed by atoms with Gasteiger partial charge in [-0.05, 0) is 133 Å². The first-order valence-corrected chi connectivity index (χ1v) is 18.3. The molecule has 1 heterocycles. The quantitative estimate of drug-likeness (QED) is 0.186. The van der Waals surface area contributed by atoms with E-state index in [0.29, 0.717) is 0 Å². The van der Waals surface area contributed by atoms with Crippen LogP contribution >= 0.6 is 0 Å². The fraction of sp³-hybridized carbons (Fsp3) is 0.120. The van der Waals surface area contributed by atoms with E-state index >= 15 is 0 Å². The fourth-order valence-electron chi connectivity index (χ4n) is 9.57. The second-order valence-corrected chi connectivity index (χ2v) is 15.8. The highest BCUT2D eigenvalue weighted by Crippen LogP contribution is 2.54. The first-order valence-electron chi connectivity index (χ1n) is 18.3. The summed E-state index contributed by atoms with van der Waals surface area (Å²) >= 11 is 0. The molecule has 0 unspecified atom stereocenters. The molecule has 9 aromatic rings. The first kappa shape index (κ1) is 29.6. The lowest BCUT2D eigenvalue weighted by molar-refractivity contribution is 0.658. The molecule has 11 rings (SSSR count). The van der Waals surface area contributed by atoms with Gasteiger partial charge in [0, 0.05) is 38.7 Å². The SMILES string of the molecule is CC1(C)c2cc(N(c3ccccc3)c3ccc4cc5c(cc4c3)C(C)(C)c3c-5ccc4ccccc34)ccc2-c2cc3oc4ccccc4c3cc21. The third-order valence-electron chi connectivity index (χ3n) is 12.2. The number of fused-ring (bicyclic) bond motifs is 12. The molecule has 1 aromatic heterocycles. The van der Waals surface area contributed by atoms with Gasteiger partial charge >= 0.3 is 0 Å². The number of benzene rings is 8. The predicted octanol–water partition coefficient (Wildman–Crippen LogP) is 14.0. The molecule has 2 nitrogen and oxygen atoms in total. The fourth-order valence-corrected chi connectivity index (χ4v) is 9.57. The van der Waals surface area contributed by atoms with Gasteiger partial charge in [0.25, 0.3) is 0 Å². The molecule has 0 aliphatic heterocycles. The highest BCUT2D eigenvalue weighted by molar-refractivity contribution is 6.08. The number of rotatable bonds is 3. The second-order valence-electron chi connectivity index (χ2n) is 15.8. The van der Waals surface area contributed by atoms with Gasteiger partial charge in [0.05, 0.1) is 0 Å². The van der Waals surface area contributed by atoms with E-state index in [2.05, 4.69) is 178 Å². The van der Waals surface area contributed by atoms with E-state index in [9.17, 15) is 0 Å². The first-order chi connectivity index (χ1) is 25.3. The van der Waals surface area contributed by atoms with Crippen LogP contribution in [0, 0.1) is 0 Å². The Labute approximate surface area is 303 Å². The molecular formula is C50H37NO. The molecule has 2 aliphatic carbocycles. The summed E-state index contributed by atoms with van der Waals surface area (Å²) in [6.07, 6.45) is 0. The predicted molar refractivity (Wildman–Crippen MR) is 219 cm³/mol. The topological polar surface area (TPSA) is 16.4 Å². The van der Waals surface area contributed by atoms with Crippen molar-refractivity contribution >= 4 is 60.5 Å². The maximum atomic E-state index is 6.34. The summed E-state index contributed by atoms with van der Waals surface area (Å²) in [6, 6.07) is 56.1. The molecule has 0 atom stereocenters. The van der Waals surface area contributed by atoms with Gasteiger partial charge < -0.3 is 9.32 Å². The van der Waals surface area contributed by atoms with Gasteiger partial charge in [0.15, 0.2) is 0 Å². The summed E-state index contributed by atoms with van der Waals surface area (Å²) in [6.45, 7) is 9.50. The smallest absolute Gasteiger partial charge is 0.136 e. The molecule has 0 saturated carbocycles. The van der Waals surface area contributed by atoms with Crippen LogP contribution in [-0.4, -0.2) is 0 Å². The minimum atomic E-state index is -0.176. The van der Waals surface area contributed by atoms with Gasteiger partial charge in [-0.15, -0.1) is 0 Å². The van der Waals surface area contributed by atoms with Gasteiger partial charge in [-0.25, -0.2) is 0 Å². The van der Waals surface area contributed by atoms with Gasteiger partial charge in [0.1, 0.15) is 11.2 Å². The highest BCUT2D eigenvalue weighted by atomic mass is 16.3. The van der Waals surface area contributed by atoms with Crippen LogP contribution in [0.1, 0.15) is 49.9 Å². The molecule has 52 heavy (non-hydrogen) atoms.